The van der Waals surface area contributed by atoms with Gasteiger partial charge in [0.05, 0.1) is 17.6 Å². The number of carbonyl (C=O) groups is 1. The molecule has 0 fully saturated rings. The van der Waals surface area contributed by atoms with Crippen LogP contribution in [0.4, 0.5) is 5.69 Å². The van der Waals surface area contributed by atoms with Gasteiger partial charge in [0.15, 0.2) is 0 Å². The fourth-order valence-corrected chi connectivity index (χ4v) is 8.53. The maximum atomic E-state index is 13.0. The van der Waals surface area contributed by atoms with Crippen molar-refractivity contribution in [2.75, 3.05) is 18.6 Å². The summed E-state index contributed by atoms with van der Waals surface area (Å²) in [6, 6.07) is 38.2. The van der Waals surface area contributed by atoms with Crippen molar-refractivity contribution in [2.24, 2.45) is 0 Å². The lowest BCUT2D eigenvalue weighted by Gasteiger charge is -2.45. The van der Waals surface area contributed by atoms with Crippen molar-refractivity contribution in [3.05, 3.63) is 138 Å². The number of unbranched alkanes of at least 4 members (excludes halogenated alkanes) is 7. The lowest BCUT2D eigenvalue weighted by atomic mass is 9.76. The summed E-state index contributed by atoms with van der Waals surface area (Å²) >= 11 is 1.66. The van der Waals surface area contributed by atoms with E-state index in [4.69, 9.17) is 14.2 Å². The van der Waals surface area contributed by atoms with Crippen LogP contribution >= 0.6 is 11.8 Å². The van der Waals surface area contributed by atoms with E-state index in [1.54, 1.807) is 11.8 Å². The van der Waals surface area contributed by atoms with E-state index in [0.717, 1.165) is 51.0 Å². The minimum absolute atomic E-state index is 0.233. The Labute approximate surface area is 325 Å². The van der Waals surface area contributed by atoms with Gasteiger partial charge in [-0.2, -0.15) is 0 Å². The molecule has 5 aromatic carbocycles. The molecule has 0 saturated carbocycles. The van der Waals surface area contributed by atoms with E-state index in [2.05, 4.69) is 99.5 Å². The largest absolute Gasteiger partial charge is 0.494 e. The quantitative estimate of drug-likeness (QED) is 0.0606. The van der Waals surface area contributed by atoms with E-state index >= 15 is 0 Å². The van der Waals surface area contributed by atoms with Crippen LogP contribution in [-0.2, 0) is 5.41 Å². The number of benzene rings is 5. The standard InChI is InChI=1S/C48H51NO4S/c1-5-6-7-8-9-10-11-14-33-51-39-23-21-36(22-24-39)35-17-19-37(20-18-35)46(50)52-40-25-27-41(28-26-40)54-42-29-30-45-38(34-42)31-32-48(53-45)47(2,3)43-15-12-13-16-44(43)49(48)4/h12-13,15-32,34H,5-11,14,33H2,1-4H3/t48-/m1/s1. The fraction of sp³-hybridized carbons (Fsp3) is 0.312. The smallest absolute Gasteiger partial charge is 0.343 e. The molecule has 0 saturated heterocycles. The Morgan fingerprint density at radius 2 is 1.35 bits per heavy atom. The number of hydrogen-bond donors (Lipinski definition) is 0. The minimum Gasteiger partial charge on any atom is -0.494 e. The molecule has 0 amide bonds. The van der Waals surface area contributed by atoms with Gasteiger partial charge in [-0.05, 0) is 122 Å². The van der Waals surface area contributed by atoms with Gasteiger partial charge in [-0.1, -0.05) is 106 Å². The third kappa shape index (κ3) is 7.95. The lowest BCUT2D eigenvalue weighted by molar-refractivity contribution is 0.0581. The van der Waals surface area contributed by atoms with Crippen molar-refractivity contribution in [1.82, 2.24) is 0 Å². The SMILES string of the molecule is CCCCCCCCCCOc1ccc(-c2ccc(C(=O)Oc3ccc(Sc4ccc5c(c4)C=C[C@]4(O5)N(C)c5ccccc5C4(C)C)cc3)cc2)cc1. The molecule has 1 atom stereocenters. The number of ether oxygens (including phenoxy) is 3. The van der Waals surface area contributed by atoms with Crippen LogP contribution in [0.15, 0.2) is 131 Å². The predicted octanol–water partition coefficient (Wildman–Crippen LogP) is 12.8. The molecule has 2 aliphatic rings. The zero-order valence-corrected chi connectivity index (χ0v) is 32.8. The van der Waals surface area contributed by atoms with Crippen molar-refractivity contribution in [3.8, 4) is 28.4 Å². The fourth-order valence-electron chi connectivity index (χ4n) is 7.67. The Hall–Kier alpha value is -4.94. The van der Waals surface area contributed by atoms with Crippen LogP contribution in [0, 0.1) is 0 Å². The molecule has 0 aromatic heterocycles. The summed E-state index contributed by atoms with van der Waals surface area (Å²) in [7, 11) is 2.11. The summed E-state index contributed by atoms with van der Waals surface area (Å²) in [5, 5.41) is 0. The summed E-state index contributed by atoms with van der Waals surface area (Å²) in [4.78, 5) is 17.4. The van der Waals surface area contributed by atoms with Crippen LogP contribution < -0.4 is 19.1 Å². The Morgan fingerprint density at radius 1 is 0.722 bits per heavy atom. The van der Waals surface area contributed by atoms with Crippen LogP contribution in [0.25, 0.3) is 17.2 Å². The van der Waals surface area contributed by atoms with Crippen LogP contribution in [0.5, 0.6) is 17.2 Å². The number of nitrogens with zero attached hydrogens (tertiary/aromatic N) is 1. The second-order valence-electron chi connectivity index (χ2n) is 14.9. The Bertz CT molecular complexity index is 2070. The zero-order valence-electron chi connectivity index (χ0n) is 32.0. The molecule has 7 rings (SSSR count). The Balaban J connectivity index is 0.889. The molecule has 1 spiro atoms. The topological polar surface area (TPSA) is 48.0 Å². The number of esters is 1. The highest BCUT2D eigenvalue weighted by Gasteiger charge is 2.57. The minimum atomic E-state index is -0.596. The first-order chi connectivity index (χ1) is 26.3. The first kappa shape index (κ1) is 37.4. The second kappa shape index (κ2) is 16.6. The Kier molecular flexibility index (Phi) is 11.5. The van der Waals surface area contributed by atoms with Crippen molar-refractivity contribution in [1.29, 1.82) is 0 Å². The molecule has 2 aliphatic heterocycles. The van der Waals surface area contributed by atoms with Crippen molar-refractivity contribution in [2.45, 2.75) is 93.1 Å². The summed E-state index contributed by atoms with van der Waals surface area (Å²) in [6.45, 7) is 7.51. The van der Waals surface area contributed by atoms with Gasteiger partial charge in [0.1, 0.15) is 17.2 Å². The van der Waals surface area contributed by atoms with Gasteiger partial charge in [0.2, 0.25) is 5.72 Å². The average molecular weight is 738 g/mol. The normalized spacial score (nSPS) is 16.5. The third-order valence-corrected chi connectivity index (χ3v) is 11.9. The lowest BCUT2D eigenvalue weighted by Crippen LogP contribution is -2.58. The van der Waals surface area contributed by atoms with Gasteiger partial charge in [-0.3, -0.25) is 0 Å². The van der Waals surface area contributed by atoms with E-state index in [-0.39, 0.29) is 11.4 Å². The molecule has 278 valence electrons. The summed E-state index contributed by atoms with van der Waals surface area (Å²) in [5.41, 5.74) is 5.32. The molecular formula is C48H51NO4S. The molecule has 0 aliphatic carbocycles. The van der Waals surface area contributed by atoms with Gasteiger partial charge < -0.3 is 19.1 Å². The molecule has 0 unspecified atom stereocenters. The third-order valence-electron chi connectivity index (χ3n) is 10.9. The first-order valence-electron chi connectivity index (χ1n) is 19.5. The van der Waals surface area contributed by atoms with Crippen molar-refractivity contribution < 1.29 is 19.0 Å². The maximum absolute atomic E-state index is 13.0. The highest BCUT2D eigenvalue weighted by atomic mass is 32.2. The first-order valence-corrected chi connectivity index (χ1v) is 20.3. The molecule has 54 heavy (non-hydrogen) atoms. The predicted molar refractivity (Wildman–Crippen MR) is 222 cm³/mol. The molecule has 0 N–H and O–H groups in total. The van der Waals surface area contributed by atoms with E-state index in [1.165, 1.54) is 56.2 Å². The van der Waals surface area contributed by atoms with E-state index in [1.807, 2.05) is 60.7 Å². The molecule has 0 bridgehead atoms. The Morgan fingerprint density at radius 3 is 2.06 bits per heavy atom. The summed E-state index contributed by atoms with van der Waals surface area (Å²) in [5.74, 6) is 1.89. The van der Waals surface area contributed by atoms with Gasteiger partial charge in [0.25, 0.3) is 0 Å². The number of anilines is 1. The van der Waals surface area contributed by atoms with Gasteiger partial charge in [0, 0.05) is 28.1 Å². The molecule has 5 aromatic rings. The average Bonchev–Trinajstić information content (AvgIpc) is 3.35. The van der Waals surface area contributed by atoms with Crippen LogP contribution in [0.2, 0.25) is 0 Å². The van der Waals surface area contributed by atoms with Gasteiger partial charge >= 0.3 is 5.97 Å². The van der Waals surface area contributed by atoms with E-state index in [9.17, 15) is 4.79 Å². The molecule has 0 radical (unpaired) electrons. The number of carbonyl (C=O) groups excluding carboxylic acids is 1. The van der Waals surface area contributed by atoms with Gasteiger partial charge in [-0.25, -0.2) is 4.79 Å². The molecular weight excluding hydrogens is 687 g/mol. The number of hydrogen-bond acceptors (Lipinski definition) is 6. The molecule has 2 heterocycles. The summed E-state index contributed by atoms with van der Waals surface area (Å²) in [6.07, 6.45) is 14.7. The van der Waals surface area contributed by atoms with Gasteiger partial charge in [-0.15, -0.1) is 0 Å². The van der Waals surface area contributed by atoms with Crippen LogP contribution in [-0.4, -0.2) is 25.3 Å². The van der Waals surface area contributed by atoms with Crippen molar-refractivity contribution >= 4 is 29.5 Å². The number of rotatable bonds is 15. The van der Waals surface area contributed by atoms with E-state index in [0.29, 0.717) is 11.3 Å². The maximum Gasteiger partial charge on any atom is 0.343 e. The second-order valence-corrected chi connectivity index (χ2v) is 16.1. The van der Waals surface area contributed by atoms with Crippen LogP contribution in [0.3, 0.4) is 0 Å². The monoisotopic (exact) mass is 737 g/mol. The number of likely N-dealkylation sites (N-methyl/N-ethyl adjacent to an activating group) is 1. The highest BCUT2D eigenvalue weighted by Crippen LogP contribution is 2.54. The van der Waals surface area contributed by atoms with Crippen molar-refractivity contribution in [3.63, 3.8) is 0 Å². The highest BCUT2D eigenvalue weighted by molar-refractivity contribution is 7.99. The van der Waals surface area contributed by atoms with Crippen LogP contribution in [0.1, 0.15) is 93.6 Å². The molecule has 6 heteroatoms. The summed E-state index contributed by atoms with van der Waals surface area (Å²) < 4.78 is 18.5. The number of fused-ring (bicyclic) bond motifs is 2. The van der Waals surface area contributed by atoms with E-state index < -0.39 is 5.72 Å². The zero-order chi connectivity index (χ0) is 37.5. The number of para-hydroxylation sites is 1. The molecule has 5 nitrogen and oxygen atoms in total.